The van der Waals surface area contributed by atoms with Gasteiger partial charge in [-0.3, -0.25) is 4.79 Å². The van der Waals surface area contributed by atoms with Crippen LogP contribution in [-0.4, -0.2) is 24.3 Å². The molecule has 0 fully saturated rings. The van der Waals surface area contributed by atoms with Gasteiger partial charge in [0.25, 0.3) is 5.56 Å². The molecule has 0 aliphatic rings. The molecule has 1 atom stereocenters. The quantitative estimate of drug-likeness (QED) is 0.866. The third-order valence-electron chi connectivity index (χ3n) is 2.83. The first-order valence-electron chi connectivity index (χ1n) is 5.54. The summed E-state index contributed by atoms with van der Waals surface area (Å²) < 4.78 is 10.4. The molecular weight excluding hydrogens is 234 g/mol. The summed E-state index contributed by atoms with van der Waals surface area (Å²) in [5.74, 6) is 1.12. The number of methoxy groups -OCH3 is 2. The number of rotatable bonds is 3. The van der Waals surface area contributed by atoms with E-state index >= 15 is 0 Å². The number of hydrogen-bond donors (Lipinski definition) is 2. The van der Waals surface area contributed by atoms with E-state index in [0.29, 0.717) is 22.6 Å². The molecule has 1 unspecified atom stereocenters. The number of benzene rings is 1. The molecule has 96 valence electrons. The molecule has 0 amide bonds. The largest absolute Gasteiger partial charge is 0.493 e. The first-order valence-corrected chi connectivity index (χ1v) is 5.54. The SMILES string of the molecule is COc1cc2cc(C(C)O)c(=O)[nH]c2cc1OC. The van der Waals surface area contributed by atoms with Gasteiger partial charge in [-0.2, -0.15) is 0 Å². The van der Waals surface area contributed by atoms with Crippen molar-refractivity contribution in [1.82, 2.24) is 4.98 Å². The van der Waals surface area contributed by atoms with E-state index in [4.69, 9.17) is 9.47 Å². The Morgan fingerprint density at radius 2 is 1.78 bits per heavy atom. The first kappa shape index (κ1) is 12.4. The summed E-state index contributed by atoms with van der Waals surface area (Å²) in [7, 11) is 3.08. The van der Waals surface area contributed by atoms with Crippen molar-refractivity contribution in [1.29, 1.82) is 0 Å². The molecule has 0 spiro atoms. The van der Waals surface area contributed by atoms with Crippen molar-refractivity contribution in [2.24, 2.45) is 0 Å². The molecule has 0 radical (unpaired) electrons. The van der Waals surface area contributed by atoms with Crippen LogP contribution < -0.4 is 15.0 Å². The van der Waals surface area contributed by atoms with E-state index in [-0.39, 0.29) is 5.56 Å². The predicted molar refractivity (Wildman–Crippen MR) is 68.3 cm³/mol. The fraction of sp³-hybridized carbons (Fsp3) is 0.308. The Morgan fingerprint density at radius 3 is 2.33 bits per heavy atom. The van der Waals surface area contributed by atoms with Gasteiger partial charge in [0.05, 0.1) is 25.8 Å². The lowest BCUT2D eigenvalue weighted by molar-refractivity contribution is 0.198. The molecule has 1 heterocycles. The van der Waals surface area contributed by atoms with Crippen LogP contribution >= 0.6 is 0 Å². The summed E-state index contributed by atoms with van der Waals surface area (Å²) in [6.07, 6.45) is -0.814. The average molecular weight is 249 g/mol. The Labute approximate surface area is 104 Å². The summed E-state index contributed by atoms with van der Waals surface area (Å²) in [5.41, 5.74) is 0.668. The summed E-state index contributed by atoms with van der Waals surface area (Å²) in [6.45, 7) is 1.55. The maximum absolute atomic E-state index is 11.7. The maximum Gasteiger partial charge on any atom is 0.254 e. The van der Waals surface area contributed by atoms with Crippen molar-refractivity contribution in [3.8, 4) is 11.5 Å². The topological polar surface area (TPSA) is 71.5 Å². The normalized spacial score (nSPS) is 12.4. The lowest BCUT2D eigenvalue weighted by atomic mass is 10.1. The maximum atomic E-state index is 11.7. The fourth-order valence-corrected chi connectivity index (χ4v) is 1.86. The van der Waals surface area contributed by atoms with Crippen LogP contribution in [-0.2, 0) is 0 Å². The molecule has 2 aromatic rings. The summed E-state index contributed by atoms with van der Waals surface area (Å²) in [4.78, 5) is 14.5. The van der Waals surface area contributed by atoms with Crippen molar-refractivity contribution >= 4 is 10.9 Å². The third-order valence-corrected chi connectivity index (χ3v) is 2.83. The van der Waals surface area contributed by atoms with Gasteiger partial charge in [0.2, 0.25) is 0 Å². The van der Waals surface area contributed by atoms with E-state index in [0.717, 1.165) is 5.39 Å². The first-order chi connectivity index (χ1) is 8.56. The number of aromatic amines is 1. The van der Waals surface area contributed by atoms with Crippen molar-refractivity contribution in [2.45, 2.75) is 13.0 Å². The average Bonchev–Trinajstić information content (AvgIpc) is 2.36. The van der Waals surface area contributed by atoms with Crippen LogP contribution in [0, 0.1) is 0 Å². The second kappa shape index (κ2) is 4.70. The van der Waals surface area contributed by atoms with Crippen LogP contribution in [0.5, 0.6) is 11.5 Å². The Balaban J connectivity index is 2.74. The number of nitrogens with one attached hydrogen (secondary N) is 1. The van der Waals surface area contributed by atoms with Crippen molar-refractivity contribution in [2.75, 3.05) is 14.2 Å². The van der Waals surface area contributed by atoms with Gasteiger partial charge >= 0.3 is 0 Å². The molecule has 5 nitrogen and oxygen atoms in total. The second-order valence-electron chi connectivity index (χ2n) is 4.02. The van der Waals surface area contributed by atoms with Crippen molar-refractivity contribution in [3.63, 3.8) is 0 Å². The highest BCUT2D eigenvalue weighted by molar-refractivity contribution is 5.83. The number of aliphatic hydroxyl groups is 1. The van der Waals surface area contributed by atoms with E-state index in [1.165, 1.54) is 7.11 Å². The lowest BCUT2D eigenvalue weighted by Gasteiger charge is -2.10. The summed E-state index contributed by atoms with van der Waals surface area (Å²) in [5, 5.41) is 10.3. The zero-order valence-electron chi connectivity index (χ0n) is 10.5. The third kappa shape index (κ3) is 2.04. The zero-order valence-corrected chi connectivity index (χ0v) is 10.5. The molecule has 0 aliphatic carbocycles. The number of aliphatic hydroxyl groups excluding tert-OH is 1. The van der Waals surface area contributed by atoms with E-state index < -0.39 is 6.10 Å². The second-order valence-corrected chi connectivity index (χ2v) is 4.02. The number of aromatic nitrogens is 1. The van der Waals surface area contributed by atoms with Crippen LogP contribution in [0.3, 0.4) is 0 Å². The number of fused-ring (bicyclic) bond motifs is 1. The van der Waals surface area contributed by atoms with Gasteiger partial charge in [-0.05, 0) is 19.1 Å². The van der Waals surface area contributed by atoms with Crippen LogP contribution in [0.4, 0.5) is 0 Å². The van der Waals surface area contributed by atoms with Crippen LogP contribution in [0.25, 0.3) is 10.9 Å². The van der Waals surface area contributed by atoms with Crippen molar-refractivity contribution < 1.29 is 14.6 Å². The van der Waals surface area contributed by atoms with Gasteiger partial charge in [0.15, 0.2) is 11.5 Å². The predicted octanol–water partition coefficient (Wildman–Crippen LogP) is 1.60. The molecule has 2 N–H and O–H groups in total. The standard InChI is InChI=1S/C13H15NO4/c1-7(15)9-4-8-5-11(17-2)12(18-3)6-10(8)14-13(9)16/h4-7,15H,1-3H3,(H,14,16). The highest BCUT2D eigenvalue weighted by atomic mass is 16.5. The van der Waals surface area contributed by atoms with Gasteiger partial charge in [-0.25, -0.2) is 0 Å². The van der Waals surface area contributed by atoms with E-state index in [2.05, 4.69) is 4.98 Å². The minimum absolute atomic E-state index is 0.301. The molecule has 0 saturated carbocycles. The Bertz CT molecular complexity index is 631. The van der Waals surface area contributed by atoms with Gasteiger partial charge in [-0.1, -0.05) is 0 Å². The van der Waals surface area contributed by atoms with Crippen LogP contribution in [0.1, 0.15) is 18.6 Å². The van der Waals surface area contributed by atoms with Gasteiger partial charge in [-0.15, -0.1) is 0 Å². The number of H-pyrrole nitrogens is 1. The molecule has 0 aliphatic heterocycles. The number of ether oxygens (including phenoxy) is 2. The van der Waals surface area contributed by atoms with E-state index in [1.54, 1.807) is 32.2 Å². The monoisotopic (exact) mass is 249 g/mol. The number of pyridine rings is 1. The molecule has 1 aromatic heterocycles. The number of hydrogen-bond acceptors (Lipinski definition) is 4. The Kier molecular flexibility index (Phi) is 3.25. The van der Waals surface area contributed by atoms with Crippen LogP contribution in [0.2, 0.25) is 0 Å². The summed E-state index contributed by atoms with van der Waals surface area (Å²) >= 11 is 0. The Hall–Kier alpha value is -2.01. The fourth-order valence-electron chi connectivity index (χ4n) is 1.86. The van der Waals surface area contributed by atoms with Gasteiger partial charge < -0.3 is 19.6 Å². The molecule has 0 bridgehead atoms. The van der Waals surface area contributed by atoms with Gasteiger partial charge in [0, 0.05) is 17.0 Å². The van der Waals surface area contributed by atoms with Crippen molar-refractivity contribution in [3.05, 3.63) is 34.1 Å². The van der Waals surface area contributed by atoms with Gasteiger partial charge in [0.1, 0.15) is 0 Å². The minimum atomic E-state index is -0.814. The molecule has 5 heteroatoms. The van der Waals surface area contributed by atoms with E-state index in [9.17, 15) is 9.90 Å². The molecule has 0 saturated heterocycles. The van der Waals surface area contributed by atoms with Crippen LogP contribution in [0.15, 0.2) is 23.0 Å². The lowest BCUT2D eigenvalue weighted by Crippen LogP contribution is -2.14. The zero-order chi connectivity index (χ0) is 13.3. The Morgan fingerprint density at radius 1 is 1.17 bits per heavy atom. The highest BCUT2D eigenvalue weighted by Gasteiger charge is 2.11. The molecule has 18 heavy (non-hydrogen) atoms. The molecular formula is C13H15NO4. The molecule has 2 rings (SSSR count). The molecule has 1 aromatic carbocycles. The summed E-state index contributed by atoms with van der Waals surface area (Å²) in [6, 6.07) is 5.11. The minimum Gasteiger partial charge on any atom is -0.493 e. The highest BCUT2D eigenvalue weighted by Crippen LogP contribution is 2.31. The van der Waals surface area contributed by atoms with E-state index in [1.807, 2.05) is 0 Å². The smallest absolute Gasteiger partial charge is 0.254 e.